The number of carbonyl (C=O) groups excluding carboxylic acids is 7. The number of Topliss-reactive ketones (excluding diaryl/α,β-unsaturated/α-hetero) is 1. The Labute approximate surface area is 466 Å². The maximum Gasteiger partial charge on any atom is 0.508 e. The zero-order valence-corrected chi connectivity index (χ0v) is 48.0. The van der Waals surface area contributed by atoms with E-state index in [1.165, 1.54) is 19.1 Å². The summed E-state index contributed by atoms with van der Waals surface area (Å²) in [6.07, 6.45) is -13.1. The molecule has 80 heavy (non-hydrogen) atoms. The molecule has 0 radical (unpaired) electrons. The minimum atomic E-state index is -3.00. The number of aliphatic hydroxyl groups is 1. The number of hydrogen-bond acceptors (Lipinski definition) is 17. The van der Waals surface area contributed by atoms with Crippen LogP contribution in [0.25, 0.3) is 0 Å². The van der Waals surface area contributed by atoms with Gasteiger partial charge in [-0.2, -0.15) is 0 Å². The van der Waals surface area contributed by atoms with Crippen molar-refractivity contribution in [2.24, 2.45) is 16.7 Å². The van der Waals surface area contributed by atoms with E-state index in [1.807, 2.05) is 33.9 Å². The molecule has 19 heteroatoms. The van der Waals surface area contributed by atoms with E-state index in [0.29, 0.717) is 16.7 Å². The van der Waals surface area contributed by atoms with Crippen molar-refractivity contribution in [2.75, 3.05) is 13.7 Å². The molecule has 11 atom stereocenters. The molecule has 1 unspecified atom stereocenters. The molecule has 426 valence electrons. The summed E-state index contributed by atoms with van der Waals surface area (Å²) in [5, 5.41) is 16.9. The maximum absolute atomic E-state index is 16.5. The molecule has 2 saturated carbocycles. The normalized spacial score (nSPS) is 27.6. The first-order valence-corrected chi connectivity index (χ1v) is 29.6. The monoisotopic (exact) mass is 1120 g/mol. The van der Waals surface area contributed by atoms with Gasteiger partial charge in [0.1, 0.15) is 36.6 Å². The average Bonchev–Trinajstić information content (AvgIpc) is 3.37. The van der Waals surface area contributed by atoms with Gasteiger partial charge in [0.2, 0.25) is 0 Å². The molecule has 1 heterocycles. The summed E-state index contributed by atoms with van der Waals surface area (Å²) in [6.45, 7) is 16.4. The summed E-state index contributed by atoms with van der Waals surface area (Å²) in [5.74, 6) is -6.06. The lowest BCUT2D eigenvalue weighted by molar-refractivity contribution is -0.344. The SMILES string of the molecule is COC(=O)O[C@@]12COC1C[C@H](OC(=O)OCc1ccccc1)[C@@]1(C)C(=O)[C@H](OC(C)=O)C3=C(C)[C@@H](OC(=O)[C@H](O[Si](C)(C)C(C)(C)C)[C@@H](NC(=O)c4ccccc4)c4ccccc4)C[C@@](O)([C@@H](OC(=O)c4ccccc4)[C@@H]12)C3(C)C. The first-order chi connectivity index (χ1) is 37.7. The van der Waals surface area contributed by atoms with Crippen molar-refractivity contribution in [3.05, 3.63) is 155 Å². The van der Waals surface area contributed by atoms with Crippen molar-refractivity contribution in [1.29, 1.82) is 0 Å². The lowest BCUT2D eigenvalue weighted by Gasteiger charge is -2.67. The van der Waals surface area contributed by atoms with Crippen LogP contribution in [0.5, 0.6) is 0 Å². The van der Waals surface area contributed by atoms with Crippen molar-refractivity contribution in [3.8, 4) is 0 Å². The average molecular weight is 1120 g/mol. The van der Waals surface area contributed by atoms with Gasteiger partial charge >= 0.3 is 30.2 Å². The molecule has 2 N–H and O–H groups in total. The van der Waals surface area contributed by atoms with Gasteiger partial charge in [-0.3, -0.25) is 14.4 Å². The molecule has 3 fully saturated rings. The van der Waals surface area contributed by atoms with Crippen LogP contribution >= 0.6 is 0 Å². The quantitative estimate of drug-likeness (QED) is 0.0488. The summed E-state index contributed by atoms with van der Waals surface area (Å²) < 4.78 is 55.7. The molecule has 18 nitrogen and oxygen atoms in total. The minimum Gasteiger partial charge on any atom is -0.456 e. The Morgan fingerprint density at radius 2 is 1.36 bits per heavy atom. The Kier molecular flexibility index (Phi) is 16.8. The van der Waals surface area contributed by atoms with Crippen molar-refractivity contribution >= 4 is 50.2 Å². The van der Waals surface area contributed by atoms with Crippen LogP contribution in [0.2, 0.25) is 18.1 Å². The molecule has 4 aliphatic rings. The van der Waals surface area contributed by atoms with Gasteiger partial charge in [0.25, 0.3) is 5.91 Å². The van der Waals surface area contributed by atoms with Crippen LogP contribution < -0.4 is 5.32 Å². The van der Waals surface area contributed by atoms with E-state index in [9.17, 15) is 29.1 Å². The summed E-state index contributed by atoms with van der Waals surface area (Å²) in [4.78, 5) is 103. The van der Waals surface area contributed by atoms with E-state index >= 15 is 9.59 Å². The van der Waals surface area contributed by atoms with E-state index in [4.69, 9.17) is 42.3 Å². The van der Waals surface area contributed by atoms with Crippen LogP contribution in [-0.4, -0.2) is 117 Å². The highest BCUT2D eigenvalue weighted by Gasteiger charge is 2.79. The van der Waals surface area contributed by atoms with E-state index in [1.54, 1.807) is 130 Å². The van der Waals surface area contributed by atoms with E-state index in [2.05, 4.69) is 5.32 Å². The number of nitrogens with one attached hydrogen (secondary N) is 1. The number of ether oxygens (including phenoxy) is 8. The second-order valence-electron chi connectivity index (χ2n) is 23.3. The van der Waals surface area contributed by atoms with E-state index < -0.39 is 139 Å². The Hall–Kier alpha value is -7.19. The van der Waals surface area contributed by atoms with E-state index in [-0.39, 0.29) is 29.7 Å². The number of fused-ring (bicyclic) bond motifs is 5. The van der Waals surface area contributed by atoms with Crippen LogP contribution in [0.1, 0.15) is 106 Å². The lowest BCUT2D eigenvalue weighted by Crippen LogP contribution is -2.82. The summed E-state index contributed by atoms with van der Waals surface area (Å²) >= 11 is 0. The molecule has 3 aliphatic carbocycles. The highest BCUT2D eigenvalue weighted by Crippen LogP contribution is 2.65. The van der Waals surface area contributed by atoms with Crippen molar-refractivity contribution in [3.63, 3.8) is 0 Å². The Balaban J connectivity index is 1.34. The third-order valence-electron chi connectivity index (χ3n) is 17.2. The van der Waals surface area contributed by atoms with Crippen molar-refractivity contribution in [1.82, 2.24) is 5.32 Å². The standard InChI is InChI=1S/C61H71NO17Si/c1-36-42(75-54(67)48(79-80(10,11)57(3,4)5)46(39-26-18-13-19-27-39)62-52(65)40-28-20-14-21-29-40)33-61(70)51(77-53(66)41-30-22-15-23-31-41)49-59(8,50(64)47(74-37(2)63)45(36)58(61,6)7)43(32-44-60(49,35-73-44)78-55(68)71-9)76-56(69)72-34-38-24-16-12-17-25-38/h12-31,42-44,46-49,51,70H,32-35H2,1-11H3,(H,62,65)/t42-,43-,44?,46-,47+,48+,49-,51-,59+,60-,61+/m0/s1. The van der Waals surface area contributed by atoms with Gasteiger partial charge in [-0.05, 0) is 78.5 Å². The number of amides is 1. The van der Waals surface area contributed by atoms with Crippen LogP contribution in [-0.2, 0) is 63.3 Å². The number of methoxy groups -OCH3 is 1. The lowest BCUT2D eigenvalue weighted by atomic mass is 9.44. The number of esters is 3. The predicted octanol–water partition coefficient (Wildman–Crippen LogP) is 9.35. The van der Waals surface area contributed by atoms with Gasteiger partial charge in [-0.15, -0.1) is 0 Å². The van der Waals surface area contributed by atoms with Crippen molar-refractivity contribution < 1.29 is 81.0 Å². The molecule has 8 rings (SSSR count). The van der Waals surface area contributed by atoms with Gasteiger partial charge in [0.15, 0.2) is 31.9 Å². The molecular formula is C61H71NO17Si. The van der Waals surface area contributed by atoms with Crippen LogP contribution in [0.3, 0.4) is 0 Å². The number of ketones is 1. The molecule has 0 spiro atoms. The zero-order chi connectivity index (χ0) is 58.2. The molecule has 0 aromatic heterocycles. The Morgan fingerprint density at radius 3 is 1.91 bits per heavy atom. The third kappa shape index (κ3) is 11.0. The smallest absolute Gasteiger partial charge is 0.456 e. The number of hydrogen-bond donors (Lipinski definition) is 2. The fraction of sp³-hybridized carbons (Fsp3) is 0.459. The molecule has 4 aromatic rings. The zero-order valence-electron chi connectivity index (χ0n) is 47.0. The summed E-state index contributed by atoms with van der Waals surface area (Å²) in [5.41, 5.74) is -6.91. The minimum absolute atomic E-state index is 0.0242. The first kappa shape index (κ1) is 58.9. The van der Waals surface area contributed by atoms with Crippen LogP contribution in [0.15, 0.2) is 132 Å². The second kappa shape index (κ2) is 22.7. The summed E-state index contributed by atoms with van der Waals surface area (Å²) in [6, 6.07) is 32.7. The fourth-order valence-electron chi connectivity index (χ4n) is 11.7. The molecule has 1 saturated heterocycles. The van der Waals surface area contributed by atoms with E-state index in [0.717, 1.165) is 14.0 Å². The molecule has 1 aliphatic heterocycles. The molecular weight excluding hydrogens is 1050 g/mol. The first-order valence-electron chi connectivity index (χ1n) is 26.7. The largest absolute Gasteiger partial charge is 0.508 e. The second-order valence-corrected chi connectivity index (χ2v) is 28.0. The fourth-order valence-corrected chi connectivity index (χ4v) is 12.9. The maximum atomic E-state index is 16.5. The number of rotatable bonds is 15. The molecule has 1 amide bonds. The molecule has 2 bridgehead atoms. The predicted molar refractivity (Wildman–Crippen MR) is 291 cm³/mol. The van der Waals surface area contributed by atoms with Gasteiger partial charge in [0, 0.05) is 30.7 Å². The topological polar surface area (TPSA) is 235 Å². The number of benzene rings is 4. The van der Waals surface area contributed by atoms with Crippen LogP contribution in [0, 0.1) is 16.7 Å². The summed E-state index contributed by atoms with van der Waals surface area (Å²) in [7, 11) is -1.92. The Morgan fingerprint density at radius 1 is 0.787 bits per heavy atom. The van der Waals surface area contributed by atoms with Gasteiger partial charge in [-0.25, -0.2) is 19.2 Å². The Bertz CT molecular complexity index is 3000. The van der Waals surface area contributed by atoms with Gasteiger partial charge in [-0.1, -0.05) is 132 Å². The highest BCUT2D eigenvalue weighted by molar-refractivity contribution is 6.74. The van der Waals surface area contributed by atoms with Crippen LogP contribution in [0.4, 0.5) is 9.59 Å². The van der Waals surface area contributed by atoms with Crippen molar-refractivity contribution in [2.45, 2.75) is 147 Å². The van der Waals surface area contributed by atoms with Gasteiger partial charge < -0.3 is 52.7 Å². The number of carbonyl (C=O) groups is 7. The van der Waals surface area contributed by atoms with Gasteiger partial charge in [0.05, 0.1) is 36.7 Å². The third-order valence-corrected chi connectivity index (χ3v) is 21.7. The molecule has 4 aromatic carbocycles. The highest BCUT2D eigenvalue weighted by atomic mass is 28.4.